The molecule has 0 unspecified atom stereocenters. The molecule has 2 heterocycles. The van der Waals surface area contributed by atoms with Crippen LogP contribution in [0, 0.1) is 0 Å². The van der Waals surface area contributed by atoms with E-state index in [4.69, 9.17) is 0 Å². The van der Waals surface area contributed by atoms with Gasteiger partial charge in [-0.2, -0.15) is 5.10 Å². The highest BCUT2D eigenvalue weighted by molar-refractivity contribution is 7.99. The van der Waals surface area contributed by atoms with Crippen molar-refractivity contribution in [2.75, 3.05) is 5.75 Å². The van der Waals surface area contributed by atoms with Gasteiger partial charge in [0.2, 0.25) is 5.91 Å². The predicted octanol–water partition coefficient (Wildman–Crippen LogP) is 3.64. The van der Waals surface area contributed by atoms with E-state index in [0.717, 1.165) is 15.8 Å². The molecule has 4 rings (SSSR count). The highest BCUT2D eigenvalue weighted by Crippen LogP contribution is 2.18. The zero-order chi connectivity index (χ0) is 21.5. The summed E-state index contributed by atoms with van der Waals surface area (Å²) in [4.78, 5) is 30.5. The minimum absolute atomic E-state index is 0.0423. The fraction of sp³-hybridized carbons (Fsp3) is 0.167. The number of pyridine rings is 1. The van der Waals surface area contributed by atoms with Crippen molar-refractivity contribution < 1.29 is 4.79 Å². The normalized spacial score (nSPS) is 10.8. The van der Waals surface area contributed by atoms with Gasteiger partial charge in [-0.05, 0) is 29.8 Å². The van der Waals surface area contributed by atoms with Crippen LogP contribution >= 0.6 is 11.8 Å². The van der Waals surface area contributed by atoms with Crippen molar-refractivity contribution in [2.45, 2.75) is 24.4 Å². The highest BCUT2D eigenvalue weighted by Gasteiger charge is 2.12. The van der Waals surface area contributed by atoms with Gasteiger partial charge in [-0.15, -0.1) is 11.8 Å². The lowest BCUT2D eigenvalue weighted by atomic mass is 10.1. The van der Waals surface area contributed by atoms with Crippen molar-refractivity contribution in [3.05, 3.63) is 101 Å². The van der Waals surface area contributed by atoms with Gasteiger partial charge >= 0.3 is 0 Å². The summed E-state index contributed by atoms with van der Waals surface area (Å²) in [6.45, 7) is 0.592. The van der Waals surface area contributed by atoms with Crippen LogP contribution in [0.2, 0.25) is 0 Å². The number of rotatable bonds is 8. The Kier molecular flexibility index (Phi) is 6.74. The van der Waals surface area contributed by atoms with Gasteiger partial charge in [-0.25, -0.2) is 4.68 Å². The summed E-state index contributed by atoms with van der Waals surface area (Å²) in [6, 6.07) is 21.1. The molecule has 0 aliphatic heterocycles. The van der Waals surface area contributed by atoms with Crippen LogP contribution in [0.3, 0.4) is 0 Å². The van der Waals surface area contributed by atoms with Crippen LogP contribution < -0.4 is 10.9 Å². The first kappa shape index (κ1) is 20.8. The lowest BCUT2D eigenvalue weighted by Crippen LogP contribution is -2.29. The molecule has 0 atom stereocenters. The number of nitrogens with one attached hydrogen (secondary N) is 1. The zero-order valence-electron chi connectivity index (χ0n) is 16.9. The maximum Gasteiger partial charge on any atom is 0.274 e. The maximum absolute atomic E-state index is 12.9. The minimum Gasteiger partial charge on any atom is -0.350 e. The smallest absolute Gasteiger partial charge is 0.274 e. The SMILES string of the molecule is O=C(CCSc1ccccc1)NCc1nn(Cc2cccnc2)c(=O)c2ccccc12. The van der Waals surface area contributed by atoms with E-state index in [0.29, 0.717) is 29.8 Å². The maximum atomic E-state index is 12.9. The molecule has 0 fully saturated rings. The number of fused-ring (bicyclic) bond motifs is 1. The number of carbonyl (C=O) groups is 1. The Balaban J connectivity index is 1.47. The van der Waals surface area contributed by atoms with E-state index in [9.17, 15) is 9.59 Å². The second-order valence-electron chi connectivity index (χ2n) is 7.00. The molecule has 0 saturated carbocycles. The molecule has 4 aromatic rings. The van der Waals surface area contributed by atoms with Crippen LogP contribution in [0.4, 0.5) is 0 Å². The molecule has 0 saturated heterocycles. The average molecular weight is 431 g/mol. The summed E-state index contributed by atoms with van der Waals surface area (Å²) in [7, 11) is 0. The Morgan fingerprint density at radius 2 is 1.74 bits per heavy atom. The number of benzene rings is 2. The van der Waals surface area contributed by atoms with Crippen LogP contribution in [0.1, 0.15) is 17.7 Å². The van der Waals surface area contributed by atoms with Crippen molar-refractivity contribution in [3.63, 3.8) is 0 Å². The monoisotopic (exact) mass is 430 g/mol. The average Bonchev–Trinajstić information content (AvgIpc) is 2.81. The van der Waals surface area contributed by atoms with Gasteiger partial charge in [0.1, 0.15) is 0 Å². The van der Waals surface area contributed by atoms with Crippen LogP contribution in [-0.2, 0) is 17.9 Å². The molecule has 0 radical (unpaired) electrons. The number of hydrogen-bond acceptors (Lipinski definition) is 5. The van der Waals surface area contributed by atoms with Gasteiger partial charge < -0.3 is 5.32 Å². The summed E-state index contributed by atoms with van der Waals surface area (Å²) in [6.07, 6.45) is 3.82. The van der Waals surface area contributed by atoms with Crippen molar-refractivity contribution in [1.29, 1.82) is 0 Å². The molecule has 0 bridgehead atoms. The molecule has 0 spiro atoms. The van der Waals surface area contributed by atoms with Crippen LogP contribution in [0.25, 0.3) is 10.8 Å². The highest BCUT2D eigenvalue weighted by atomic mass is 32.2. The quantitative estimate of drug-likeness (QED) is 0.432. The lowest BCUT2D eigenvalue weighted by Gasteiger charge is -2.12. The Morgan fingerprint density at radius 1 is 0.968 bits per heavy atom. The number of thioether (sulfide) groups is 1. The molecule has 1 amide bonds. The number of aromatic nitrogens is 3. The predicted molar refractivity (Wildman–Crippen MR) is 123 cm³/mol. The Labute approximate surface area is 184 Å². The fourth-order valence-corrected chi connectivity index (χ4v) is 4.13. The molecule has 0 aliphatic rings. The van der Waals surface area contributed by atoms with E-state index in [1.165, 1.54) is 4.68 Å². The van der Waals surface area contributed by atoms with Gasteiger partial charge in [0.25, 0.3) is 5.56 Å². The van der Waals surface area contributed by atoms with Gasteiger partial charge in [-0.3, -0.25) is 14.6 Å². The Bertz CT molecular complexity index is 1230. The molecule has 2 aromatic carbocycles. The summed E-state index contributed by atoms with van der Waals surface area (Å²) < 4.78 is 1.44. The minimum atomic E-state index is -0.159. The molecule has 1 N–H and O–H groups in total. The van der Waals surface area contributed by atoms with E-state index >= 15 is 0 Å². The fourth-order valence-electron chi connectivity index (χ4n) is 3.26. The van der Waals surface area contributed by atoms with Gasteiger partial charge in [0.15, 0.2) is 0 Å². The van der Waals surface area contributed by atoms with Crippen molar-refractivity contribution in [2.24, 2.45) is 0 Å². The van der Waals surface area contributed by atoms with Gasteiger partial charge in [0, 0.05) is 34.8 Å². The number of hydrogen-bond donors (Lipinski definition) is 1. The first-order chi connectivity index (χ1) is 15.2. The van der Waals surface area contributed by atoms with Crippen LogP contribution in [0.5, 0.6) is 0 Å². The second kappa shape index (κ2) is 10.0. The largest absolute Gasteiger partial charge is 0.350 e. The standard InChI is InChI=1S/C24H22N4O2S/c29-23(12-14-31-19-8-2-1-3-9-19)26-16-22-20-10-4-5-11-21(20)24(30)28(27-22)17-18-7-6-13-25-15-18/h1-11,13,15H,12,14,16-17H2,(H,26,29). The number of nitrogens with zero attached hydrogens (tertiary/aromatic N) is 3. The molecule has 0 aliphatic carbocycles. The molecule has 156 valence electrons. The molecule has 7 heteroatoms. The summed E-state index contributed by atoms with van der Waals surface area (Å²) in [5.41, 5.74) is 1.40. The first-order valence-corrected chi connectivity index (χ1v) is 11.0. The third kappa shape index (κ3) is 5.38. The van der Waals surface area contributed by atoms with E-state index in [1.807, 2.05) is 60.7 Å². The lowest BCUT2D eigenvalue weighted by molar-refractivity contribution is -0.120. The molecule has 31 heavy (non-hydrogen) atoms. The van der Waals surface area contributed by atoms with E-state index in [1.54, 1.807) is 30.2 Å². The van der Waals surface area contributed by atoms with Crippen LogP contribution in [-0.4, -0.2) is 26.4 Å². The molecular weight excluding hydrogens is 408 g/mol. The third-order valence-corrected chi connectivity index (χ3v) is 5.81. The third-order valence-electron chi connectivity index (χ3n) is 4.79. The number of carbonyl (C=O) groups excluding carboxylic acids is 1. The van der Waals surface area contributed by atoms with E-state index < -0.39 is 0 Å². The molecule has 6 nitrogen and oxygen atoms in total. The van der Waals surface area contributed by atoms with Crippen molar-refractivity contribution >= 4 is 28.4 Å². The second-order valence-corrected chi connectivity index (χ2v) is 8.17. The molecule has 2 aromatic heterocycles. The van der Waals surface area contributed by atoms with Crippen molar-refractivity contribution in [1.82, 2.24) is 20.1 Å². The van der Waals surface area contributed by atoms with Crippen LogP contribution in [0.15, 0.2) is 88.8 Å². The van der Waals surface area contributed by atoms with Crippen molar-refractivity contribution in [3.8, 4) is 0 Å². The Morgan fingerprint density at radius 3 is 2.52 bits per heavy atom. The number of amides is 1. The summed E-state index contributed by atoms with van der Waals surface area (Å²) >= 11 is 1.65. The summed E-state index contributed by atoms with van der Waals surface area (Å²) in [5.74, 6) is 0.657. The van der Waals surface area contributed by atoms with Gasteiger partial charge in [0.05, 0.1) is 24.2 Å². The zero-order valence-corrected chi connectivity index (χ0v) is 17.7. The Hall–Kier alpha value is -3.45. The van der Waals surface area contributed by atoms with E-state index in [2.05, 4.69) is 15.4 Å². The topological polar surface area (TPSA) is 76.9 Å². The summed E-state index contributed by atoms with van der Waals surface area (Å²) in [5, 5.41) is 8.84. The molecular formula is C24H22N4O2S. The van der Waals surface area contributed by atoms with Gasteiger partial charge in [-0.1, -0.05) is 42.5 Å². The van der Waals surface area contributed by atoms with E-state index in [-0.39, 0.29) is 18.0 Å². The first-order valence-electron chi connectivity index (χ1n) is 10.0.